The summed E-state index contributed by atoms with van der Waals surface area (Å²) in [6, 6.07) is 38.7. The second-order valence-corrected chi connectivity index (χ2v) is 16.1. The van der Waals surface area contributed by atoms with Crippen LogP contribution in [0, 0.1) is 11.3 Å². The molecular formula is C47H60N2O8. The summed E-state index contributed by atoms with van der Waals surface area (Å²) in [4.78, 5) is 14.5. The minimum atomic E-state index is -0.892. The van der Waals surface area contributed by atoms with Gasteiger partial charge in [0.2, 0.25) is 5.91 Å². The second-order valence-electron chi connectivity index (χ2n) is 16.1. The van der Waals surface area contributed by atoms with Crippen molar-refractivity contribution in [2.24, 2.45) is 11.3 Å². The van der Waals surface area contributed by atoms with Crippen molar-refractivity contribution >= 4 is 5.91 Å². The van der Waals surface area contributed by atoms with Crippen molar-refractivity contribution in [3.8, 4) is 0 Å². The van der Waals surface area contributed by atoms with Gasteiger partial charge in [0.25, 0.3) is 0 Å². The summed E-state index contributed by atoms with van der Waals surface area (Å²) >= 11 is 0. The number of carbonyl (C=O) groups is 1. The number of hydrogen-bond donors (Lipinski definition) is 2. The average molecular weight is 781 g/mol. The highest BCUT2D eigenvalue weighted by Gasteiger charge is 2.49. The predicted molar refractivity (Wildman–Crippen MR) is 219 cm³/mol. The van der Waals surface area contributed by atoms with Crippen LogP contribution in [0.25, 0.3) is 0 Å². The first-order chi connectivity index (χ1) is 27.7. The van der Waals surface area contributed by atoms with Crippen molar-refractivity contribution in [1.82, 2.24) is 10.6 Å². The average Bonchev–Trinajstić information content (AvgIpc) is 3.23. The Kier molecular flexibility index (Phi) is 16.2. The number of amides is 1. The van der Waals surface area contributed by atoms with E-state index in [9.17, 15) is 4.79 Å². The van der Waals surface area contributed by atoms with Crippen molar-refractivity contribution in [2.45, 2.75) is 104 Å². The second kappa shape index (κ2) is 21.7. The molecule has 10 nitrogen and oxygen atoms in total. The van der Waals surface area contributed by atoms with Gasteiger partial charge in [-0.1, -0.05) is 149 Å². The molecule has 0 spiro atoms. The first-order valence-electron chi connectivity index (χ1n) is 20.2. The van der Waals surface area contributed by atoms with Crippen molar-refractivity contribution in [1.29, 1.82) is 0 Å². The highest BCUT2D eigenvalue weighted by Crippen LogP contribution is 2.30. The quantitative estimate of drug-likeness (QED) is 0.0964. The maximum absolute atomic E-state index is 14.5. The van der Waals surface area contributed by atoms with Gasteiger partial charge in [0.15, 0.2) is 12.6 Å². The first kappa shape index (κ1) is 42.6. The molecule has 0 aliphatic carbocycles. The normalized spacial score (nSPS) is 22.9. The van der Waals surface area contributed by atoms with Gasteiger partial charge in [0.1, 0.15) is 24.4 Å². The largest absolute Gasteiger partial charge is 0.374 e. The Hall–Kier alpha value is -3.97. The van der Waals surface area contributed by atoms with E-state index >= 15 is 0 Å². The molecule has 0 unspecified atom stereocenters. The van der Waals surface area contributed by atoms with Crippen molar-refractivity contribution in [3.63, 3.8) is 0 Å². The summed E-state index contributed by atoms with van der Waals surface area (Å²) in [6.07, 6.45) is -2.50. The van der Waals surface area contributed by atoms with Gasteiger partial charge in [-0.15, -0.1) is 0 Å². The van der Waals surface area contributed by atoms with E-state index in [0.717, 1.165) is 22.3 Å². The molecule has 10 heteroatoms. The van der Waals surface area contributed by atoms with Gasteiger partial charge >= 0.3 is 0 Å². The van der Waals surface area contributed by atoms with Crippen LogP contribution in [0.5, 0.6) is 0 Å². The van der Waals surface area contributed by atoms with Crippen LogP contribution in [-0.2, 0) is 64.4 Å². The lowest BCUT2D eigenvalue weighted by Crippen LogP contribution is -2.67. The van der Waals surface area contributed by atoms with Gasteiger partial charge in [0.05, 0.1) is 52.3 Å². The molecule has 6 rings (SSSR count). The Morgan fingerprint density at radius 3 is 1.67 bits per heavy atom. The Labute approximate surface area is 338 Å². The lowest BCUT2D eigenvalue weighted by Gasteiger charge is -2.46. The Morgan fingerprint density at radius 1 is 0.684 bits per heavy atom. The maximum Gasteiger partial charge on any atom is 0.237 e. The molecule has 1 amide bonds. The monoisotopic (exact) mass is 780 g/mol. The van der Waals surface area contributed by atoms with Crippen LogP contribution in [-0.4, -0.2) is 75.2 Å². The van der Waals surface area contributed by atoms with E-state index in [2.05, 4.69) is 24.5 Å². The van der Waals surface area contributed by atoms with E-state index < -0.39 is 36.7 Å². The molecule has 2 saturated heterocycles. The molecule has 0 bridgehead atoms. The molecule has 6 atom stereocenters. The minimum absolute atomic E-state index is 0.0136. The molecule has 306 valence electrons. The van der Waals surface area contributed by atoms with E-state index in [1.54, 1.807) is 0 Å². The van der Waals surface area contributed by atoms with Gasteiger partial charge < -0.3 is 43.8 Å². The molecule has 4 aromatic carbocycles. The zero-order valence-electron chi connectivity index (χ0n) is 33.8. The van der Waals surface area contributed by atoms with Crippen LogP contribution in [0.3, 0.4) is 0 Å². The van der Waals surface area contributed by atoms with Gasteiger partial charge in [-0.3, -0.25) is 4.79 Å². The van der Waals surface area contributed by atoms with Crippen LogP contribution < -0.4 is 10.6 Å². The molecule has 2 aliphatic rings. The molecular weight excluding hydrogens is 721 g/mol. The SMILES string of the molecule is CC(C)[C@H](NCCC1OCC(C)(C)CO1)C(=O)N[C@H]1[C@@H](OCc2ccccc2)O[C@H](COCc2ccccc2)[C@@H](OCc2ccccc2)[C@@H]1OCc1ccccc1. The van der Waals surface area contributed by atoms with Crippen molar-refractivity contribution < 1.29 is 38.0 Å². The number of rotatable bonds is 20. The summed E-state index contributed by atoms with van der Waals surface area (Å²) in [5.74, 6) is -0.217. The zero-order chi connectivity index (χ0) is 39.9. The third kappa shape index (κ3) is 13.3. The molecule has 0 saturated carbocycles. The predicted octanol–water partition coefficient (Wildman–Crippen LogP) is 7.20. The fourth-order valence-electron chi connectivity index (χ4n) is 7.02. The van der Waals surface area contributed by atoms with Gasteiger partial charge in [-0.2, -0.15) is 0 Å². The molecule has 57 heavy (non-hydrogen) atoms. The molecule has 2 N–H and O–H groups in total. The molecule has 2 heterocycles. The smallest absolute Gasteiger partial charge is 0.237 e. The summed E-state index contributed by atoms with van der Waals surface area (Å²) in [5.41, 5.74) is 4.01. The highest BCUT2D eigenvalue weighted by atomic mass is 16.7. The fraction of sp³-hybridized carbons (Fsp3) is 0.468. The molecule has 2 aliphatic heterocycles. The maximum atomic E-state index is 14.5. The molecule has 2 fully saturated rings. The summed E-state index contributed by atoms with van der Waals surface area (Å²) in [5, 5.41) is 6.83. The number of ether oxygens (including phenoxy) is 7. The topological polar surface area (TPSA) is 106 Å². The Balaban J connectivity index is 1.27. The van der Waals surface area contributed by atoms with Crippen LogP contribution in [0.4, 0.5) is 0 Å². The zero-order valence-corrected chi connectivity index (χ0v) is 33.8. The fourth-order valence-corrected chi connectivity index (χ4v) is 7.02. The van der Waals surface area contributed by atoms with Crippen molar-refractivity contribution in [2.75, 3.05) is 26.4 Å². The number of hydrogen-bond acceptors (Lipinski definition) is 9. The summed E-state index contributed by atoms with van der Waals surface area (Å²) < 4.78 is 45.4. The minimum Gasteiger partial charge on any atom is -0.374 e. The third-order valence-corrected chi connectivity index (χ3v) is 10.2. The lowest BCUT2D eigenvalue weighted by atomic mass is 9.94. The van der Waals surface area contributed by atoms with Crippen molar-refractivity contribution in [3.05, 3.63) is 144 Å². The third-order valence-electron chi connectivity index (χ3n) is 10.2. The van der Waals surface area contributed by atoms with Gasteiger partial charge in [-0.25, -0.2) is 0 Å². The van der Waals surface area contributed by atoms with Crippen LogP contribution in [0.1, 0.15) is 56.4 Å². The van der Waals surface area contributed by atoms with Gasteiger partial charge in [0, 0.05) is 18.4 Å². The molecule has 0 radical (unpaired) electrons. The lowest BCUT2D eigenvalue weighted by molar-refractivity contribution is -0.293. The summed E-state index contributed by atoms with van der Waals surface area (Å²) in [7, 11) is 0. The van der Waals surface area contributed by atoms with E-state index in [1.807, 2.05) is 135 Å². The first-order valence-corrected chi connectivity index (χ1v) is 20.2. The van der Waals surface area contributed by atoms with Crippen LogP contribution in [0.15, 0.2) is 121 Å². The molecule has 4 aromatic rings. The van der Waals surface area contributed by atoms with Crippen LogP contribution in [0.2, 0.25) is 0 Å². The van der Waals surface area contributed by atoms with Gasteiger partial charge in [-0.05, 0) is 28.2 Å². The number of nitrogens with one attached hydrogen (secondary N) is 2. The highest BCUT2D eigenvalue weighted by molar-refractivity contribution is 5.82. The number of benzene rings is 4. The van der Waals surface area contributed by atoms with Crippen LogP contribution >= 0.6 is 0 Å². The molecule has 0 aromatic heterocycles. The standard InChI is InChI=1S/C47H60N2O8/c1-34(2)41(48-26-25-40-55-32-47(3,4)33-56-40)45(50)49-42-44(53-29-37-21-13-7-14-22-37)43(52-28-36-19-11-6-12-20-36)39(31-51-27-35-17-9-5-10-18-35)57-46(42)54-30-38-23-15-8-16-24-38/h5-24,34,39-44,46,48H,25-33H2,1-4H3,(H,49,50)/t39-,41+,42-,43-,44-,46+/m1/s1. The van der Waals surface area contributed by atoms with E-state index in [4.69, 9.17) is 33.2 Å². The van der Waals surface area contributed by atoms with E-state index in [1.165, 1.54) is 0 Å². The van der Waals surface area contributed by atoms with E-state index in [-0.39, 0.29) is 43.4 Å². The number of carbonyl (C=O) groups excluding carboxylic acids is 1. The Morgan fingerprint density at radius 2 is 1.16 bits per heavy atom. The summed E-state index contributed by atoms with van der Waals surface area (Å²) in [6.45, 7) is 11.6. The Bertz CT molecular complexity index is 1720. The van der Waals surface area contributed by atoms with E-state index in [0.29, 0.717) is 39.4 Å².